The number of carbonyl (C=O) groups excluding carboxylic acids is 4. The fourth-order valence-electron chi connectivity index (χ4n) is 0.646. The zero-order valence-electron chi connectivity index (χ0n) is 9.87. The third-order valence-corrected chi connectivity index (χ3v) is 2.82. The summed E-state index contributed by atoms with van der Waals surface area (Å²) in [6, 6.07) is 0. The molecule has 2 atom stereocenters. The Balaban J connectivity index is 4.69. The lowest BCUT2D eigenvalue weighted by atomic mass is 10.7. The summed E-state index contributed by atoms with van der Waals surface area (Å²) >= 11 is 0. The van der Waals surface area contributed by atoms with Gasteiger partial charge in [-0.15, -0.1) is 0 Å². The van der Waals surface area contributed by atoms with Gasteiger partial charge in [-0.1, -0.05) is 0 Å². The van der Waals surface area contributed by atoms with Gasteiger partial charge in [-0.2, -0.15) is 0 Å². The van der Waals surface area contributed by atoms with Crippen molar-refractivity contribution in [2.24, 2.45) is 0 Å². The highest BCUT2D eigenvalue weighted by Crippen LogP contribution is 2.46. The Morgan fingerprint density at radius 2 is 0.950 bits per heavy atom. The van der Waals surface area contributed by atoms with E-state index in [4.69, 9.17) is 9.79 Å². The van der Waals surface area contributed by atoms with Crippen molar-refractivity contribution in [1.29, 1.82) is 0 Å². The molecule has 0 saturated heterocycles. The molecular formula is C6H8O12P2. The monoisotopic (exact) mass is 334 g/mol. The van der Waals surface area contributed by atoms with Crippen molar-refractivity contribution < 1.29 is 56.2 Å². The first-order valence-corrected chi connectivity index (χ1v) is 7.37. The standard InChI is InChI=1S/C6H8O12P2/c1-3(7)15-19(11,12)17-5(9)6(10)18-20(13,14)16-4(2)8/h1-2H3,(H,11,12)(H,13,14). The van der Waals surface area contributed by atoms with Crippen LogP contribution in [0.4, 0.5) is 0 Å². The minimum Gasteiger partial charge on any atom is -0.362 e. The quantitative estimate of drug-likeness (QED) is 0.493. The molecule has 0 aliphatic rings. The molecule has 20 heavy (non-hydrogen) atoms. The van der Waals surface area contributed by atoms with Crippen LogP contribution in [0, 0.1) is 0 Å². The highest BCUT2D eigenvalue weighted by Gasteiger charge is 2.38. The van der Waals surface area contributed by atoms with Gasteiger partial charge < -0.3 is 18.1 Å². The van der Waals surface area contributed by atoms with Crippen molar-refractivity contribution in [3.63, 3.8) is 0 Å². The number of carbonyl (C=O) groups is 4. The van der Waals surface area contributed by atoms with Crippen LogP contribution in [0.2, 0.25) is 0 Å². The number of hydrogen-bond donors (Lipinski definition) is 2. The third-order valence-electron chi connectivity index (χ3n) is 1.05. The SMILES string of the molecule is CC(=O)OP(=O)(O)OC(=O)C(=O)OP(=O)(O)OC(C)=O. The highest BCUT2D eigenvalue weighted by atomic mass is 31.2. The van der Waals surface area contributed by atoms with Crippen LogP contribution in [0.15, 0.2) is 0 Å². The first kappa shape index (κ1) is 18.3. The van der Waals surface area contributed by atoms with E-state index in [1.54, 1.807) is 0 Å². The lowest BCUT2D eigenvalue weighted by Crippen LogP contribution is -2.20. The van der Waals surface area contributed by atoms with Gasteiger partial charge in [-0.25, -0.2) is 18.7 Å². The fraction of sp³-hybridized carbons (Fsp3) is 0.333. The van der Waals surface area contributed by atoms with E-state index >= 15 is 0 Å². The molecule has 0 aliphatic carbocycles. The largest absolute Gasteiger partial charge is 0.589 e. The van der Waals surface area contributed by atoms with Crippen LogP contribution in [0.1, 0.15) is 13.8 Å². The van der Waals surface area contributed by atoms with Crippen LogP contribution in [0.5, 0.6) is 0 Å². The maximum Gasteiger partial charge on any atom is 0.589 e. The van der Waals surface area contributed by atoms with E-state index in [9.17, 15) is 28.3 Å². The van der Waals surface area contributed by atoms with Crippen LogP contribution >= 0.6 is 15.6 Å². The summed E-state index contributed by atoms with van der Waals surface area (Å²) in [5, 5.41) is 0. The van der Waals surface area contributed by atoms with Crippen molar-refractivity contribution in [3.05, 3.63) is 0 Å². The molecule has 0 saturated carbocycles. The molecule has 0 bridgehead atoms. The van der Waals surface area contributed by atoms with Gasteiger partial charge >= 0.3 is 39.5 Å². The van der Waals surface area contributed by atoms with Crippen LogP contribution in [-0.2, 0) is 46.4 Å². The normalized spacial score (nSPS) is 16.0. The minimum atomic E-state index is -5.23. The van der Waals surface area contributed by atoms with Crippen molar-refractivity contribution in [2.45, 2.75) is 13.8 Å². The molecule has 12 nitrogen and oxygen atoms in total. The van der Waals surface area contributed by atoms with Crippen LogP contribution < -0.4 is 0 Å². The fourth-order valence-corrected chi connectivity index (χ4v) is 1.94. The summed E-state index contributed by atoms with van der Waals surface area (Å²) in [4.78, 5) is 60.1. The van der Waals surface area contributed by atoms with Crippen molar-refractivity contribution >= 4 is 39.5 Å². The Bertz CT molecular complexity index is 486. The van der Waals surface area contributed by atoms with Gasteiger partial charge in [-0.3, -0.25) is 19.4 Å². The topological polar surface area (TPSA) is 180 Å². The lowest BCUT2D eigenvalue weighted by Gasteiger charge is -2.11. The molecule has 2 N–H and O–H groups in total. The molecule has 0 fully saturated rings. The maximum atomic E-state index is 10.9. The molecule has 0 aromatic carbocycles. The second-order valence-corrected chi connectivity index (χ2v) is 5.46. The zero-order valence-corrected chi connectivity index (χ0v) is 11.7. The predicted octanol–water partition coefficient (Wildman–Crippen LogP) is -0.600. The van der Waals surface area contributed by atoms with Crippen molar-refractivity contribution in [2.75, 3.05) is 0 Å². The van der Waals surface area contributed by atoms with Gasteiger partial charge in [0.1, 0.15) is 0 Å². The molecular weight excluding hydrogens is 326 g/mol. The molecule has 0 heterocycles. The number of rotatable bonds is 4. The Morgan fingerprint density at radius 3 is 1.15 bits per heavy atom. The molecule has 114 valence electrons. The molecule has 0 aromatic heterocycles. The molecule has 0 aliphatic heterocycles. The summed E-state index contributed by atoms with van der Waals surface area (Å²) in [5.41, 5.74) is 0. The first-order chi connectivity index (χ1) is 8.84. The van der Waals surface area contributed by atoms with E-state index in [1.165, 1.54) is 0 Å². The molecule has 0 spiro atoms. The average molecular weight is 334 g/mol. The van der Waals surface area contributed by atoms with E-state index in [-0.39, 0.29) is 0 Å². The van der Waals surface area contributed by atoms with Gasteiger partial charge in [0.05, 0.1) is 0 Å². The van der Waals surface area contributed by atoms with Gasteiger partial charge in [0.25, 0.3) is 0 Å². The predicted molar refractivity (Wildman–Crippen MR) is 55.4 cm³/mol. The first-order valence-electron chi connectivity index (χ1n) is 4.38. The Labute approximate surface area is 110 Å². The van der Waals surface area contributed by atoms with Gasteiger partial charge in [0, 0.05) is 13.8 Å². The van der Waals surface area contributed by atoms with E-state index in [1.807, 2.05) is 0 Å². The van der Waals surface area contributed by atoms with Crippen molar-refractivity contribution in [3.8, 4) is 0 Å². The smallest absolute Gasteiger partial charge is 0.362 e. The average Bonchev–Trinajstić information content (AvgIpc) is 2.10. The van der Waals surface area contributed by atoms with E-state index in [0.29, 0.717) is 13.8 Å². The maximum absolute atomic E-state index is 10.9. The Hall–Kier alpha value is -1.74. The van der Waals surface area contributed by atoms with E-state index in [2.05, 4.69) is 18.1 Å². The summed E-state index contributed by atoms with van der Waals surface area (Å²) in [6.45, 7) is 1.41. The van der Waals surface area contributed by atoms with Crippen LogP contribution in [0.3, 0.4) is 0 Å². The third kappa shape index (κ3) is 7.64. The zero-order chi connectivity index (χ0) is 16.1. The van der Waals surface area contributed by atoms with Crippen LogP contribution in [-0.4, -0.2) is 33.7 Å². The molecule has 0 aromatic rings. The molecule has 0 radical (unpaired) electrons. The van der Waals surface area contributed by atoms with E-state index < -0.39 is 39.5 Å². The van der Waals surface area contributed by atoms with E-state index in [0.717, 1.165) is 0 Å². The lowest BCUT2D eigenvalue weighted by molar-refractivity contribution is -0.159. The highest BCUT2D eigenvalue weighted by molar-refractivity contribution is 7.49. The molecule has 2 unspecified atom stereocenters. The molecule has 0 rings (SSSR count). The second kappa shape index (κ2) is 6.62. The second-order valence-electron chi connectivity index (χ2n) is 2.86. The summed E-state index contributed by atoms with van der Waals surface area (Å²) in [5.74, 6) is -7.05. The molecule has 14 heteroatoms. The summed E-state index contributed by atoms with van der Waals surface area (Å²) < 4.78 is 36.3. The van der Waals surface area contributed by atoms with Crippen LogP contribution in [0.25, 0.3) is 0 Å². The number of phosphoric acid groups is 2. The molecule has 0 amide bonds. The minimum absolute atomic E-state index is 0.706. The number of hydrogen-bond acceptors (Lipinski definition) is 10. The number of phosphoric ester groups is 2. The van der Waals surface area contributed by atoms with Gasteiger partial charge in [-0.05, 0) is 0 Å². The Morgan fingerprint density at radius 1 is 0.700 bits per heavy atom. The summed E-state index contributed by atoms with van der Waals surface area (Å²) in [6.07, 6.45) is 0. The van der Waals surface area contributed by atoms with Gasteiger partial charge in [0.15, 0.2) is 0 Å². The van der Waals surface area contributed by atoms with Crippen molar-refractivity contribution in [1.82, 2.24) is 0 Å². The Kier molecular flexibility index (Phi) is 6.04. The van der Waals surface area contributed by atoms with Gasteiger partial charge in [0.2, 0.25) is 0 Å². The summed E-state index contributed by atoms with van der Waals surface area (Å²) in [7, 11) is -10.5.